The number of nitrogens with zero attached hydrogens (tertiary/aromatic N) is 2. The van der Waals surface area contributed by atoms with E-state index in [1.807, 2.05) is 12.1 Å². The number of hydrogen-bond acceptors (Lipinski definition) is 4. The van der Waals surface area contributed by atoms with Gasteiger partial charge in [-0.15, -0.1) is 11.3 Å². The highest BCUT2D eigenvalue weighted by Gasteiger charge is 2.06. The number of aromatic nitrogens is 2. The first-order chi connectivity index (χ1) is 8.88. The maximum Gasteiger partial charge on any atom is 0.139 e. The molecule has 2 N–H and O–H groups in total. The lowest BCUT2D eigenvalue weighted by Crippen LogP contribution is -2.00. The number of rotatable bonds is 3. The van der Waals surface area contributed by atoms with Gasteiger partial charge in [0, 0.05) is 11.2 Å². The number of thiophene rings is 1. The second-order valence-corrected chi connectivity index (χ2v) is 4.79. The van der Waals surface area contributed by atoms with E-state index in [1.54, 1.807) is 11.3 Å². The van der Waals surface area contributed by atoms with Crippen molar-refractivity contribution in [2.45, 2.75) is 6.54 Å². The molecule has 0 unspecified atom stereocenters. The number of anilines is 1. The van der Waals surface area contributed by atoms with Crippen LogP contribution in [0, 0.1) is 11.3 Å². The summed E-state index contributed by atoms with van der Waals surface area (Å²) in [5.74, 6) is 0.674. The van der Waals surface area contributed by atoms with Gasteiger partial charge in [0.2, 0.25) is 0 Å². The van der Waals surface area contributed by atoms with Crippen LogP contribution in [-0.4, -0.2) is 10.2 Å². The van der Waals surface area contributed by atoms with Crippen molar-refractivity contribution in [3.8, 4) is 6.07 Å². The van der Waals surface area contributed by atoms with Gasteiger partial charge in [-0.3, -0.25) is 5.10 Å². The smallest absolute Gasteiger partial charge is 0.139 e. The molecule has 18 heavy (non-hydrogen) atoms. The highest BCUT2D eigenvalue weighted by Crippen LogP contribution is 2.26. The van der Waals surface area contributed by atoms with Gasteiger partial charge in [0.05, 0.1) is 6.20 Å². The molecule has 0 aliphatic heterocycles. The summed E-state index contributed by atoms with van der Waals surface area (Å²) in [4.78, 5) is 0. The quantitative estimate of drug-likeness (QED) is 0.754. The van der Waals surface area contributed by atoms with Gasteiger partial charge < -0.3 is 5.32 Å². The summed E-state index contributed by atoms with van der Waals surface area (Å²) < 4.78 is 1.28. The number of nitriles is 1. The molecule has 3 rings (SSSR count). The van der Waals surface area contributed by atoms with Gasteiger partial charge in [0.1, 0.15) is 17.5 Å². The molecule has 0 bridgehead atoms. The monoisotopic (exact) mass is 254 g/mol. The zero-order chi connectivity index (χ0) is 12.4. The lowest BCUT2D eigenvalue weighted by Gasteiger charge is -2.03. The van der Waals surface area contributed by atoms with E-state index in [-0.39, 0.29) is 0 Å². The fraction of sp³-hybridized carbons (Fsp3) is 0.0769. The van der Waals surface area contributed by atoms with E-state index in [0.29, 0.717) is 17.9 Å². The van der Waals surface area contributed by atoms with Gasteiger partial charge in [0.25, 0.3) is 0 Å². The normalized spacial score (nSPS) is 10.4. The van der Waals surface area contributed by atoms with Gasteiger partial charge in [0.15, 0.2) is 0 Å². The summed E-state index contributed by atoms with van der Waals surface area (Å²) in [6.45, 7) is 0.681. The SMILES string of the molecule is N#Cc1cn[nH]c1NCc1csc2ccccc12. The van der Waals surface area contributed by atoms with Gasteiger partial charge in [-0.1, -0.05) is 18.2 Å². The van der Waals surface area contributed by atoms with Crippen LogP contribution in [0.2, 0.25) is 0 Å². The fourth-order valence-corrected chi connectivity index (χ4v) is 2.82. The van der Waals surface area contributed by atoms with Crippen LogP contribution < -0.4 is 5.32 Å². The van der Waals surface area contributed by atoms with Crippen LogP contribution in [0.3, 0.4) is 0 Å². The second kappa shape index (κ2) is 4.51. The molecule has 5 heteroatoms. The molecule has 0 radical (unpaired) electrons. The van der Waals surface area contributed by atoms with Gasteiger partial charge in [-0.05, 0) is 22.4 Å². The molecule has 0 spiro atoms. The Morgan fingerprint density at radius 3 is 3.17 bits per heavy atom. The van der Waals surface area contributed by atoms with Gasteiger partial charge >= 0.3 is 0 Å². The van der Waals surface area contributed by atoms with E-state index in [1.165, 1.54) is 21.8 Å². The van der Waals surface area contributed by atoms with Crippen molar-refractivity contribution in [2.75, 3.05) is 5.32 Å². The molecule has 0 amide bonds. The third kappa shape index (κ3) is 1.83. The Bertz CT molecular complexity index is 720. The minimum absolute atomic E-state index is 0.537. The Hall–Kier alpha value is -2.32. The third-order valence-electron chi connectivity index (χ3n) is 2.78. The summed E-state index contributed by atoms with van der Waals surface area (Å²) in [5.41, 5.74) is 1.77. The zero-order valence-corrected chi connectivity index (χ0v) is 10.3. The van der Waals surface area contributed by atoms with Crippen molar-refractivity contribution in [2.24, 2.45) is 0 Å². The Labute approximate surface area is 108 Å². The molecule has 0 aliphatic rings. The average Bonchev–Trinajstić information content (AvgIpc) is 3.02. The molecular formula is C13H10N4S. The summed E-state index contributed by atoms with van der Waals surface area (Å²) in [5, 5.41) is 22.1. The first-order valence-electron chi connectivity index (χ1n) is 5.51. The van der Waals surface area contributed by atoms with Crippen LogP contribution in [0.5, 0.6) is 0 Å². The van der Waals surface area contributed by atoms with Gasteiger partial charge in [-0.25, -0.2) is 0 Å². The highest BCUT2D eigenvalue weighted by atomic mass is 32.1. The zero-order valence-electron chi connectivity index (χ0n) is 9.47. The first-order valence-corrected chi connectivity index (χ1v) is 6.39. The molecule has 2 aromatic heterocycles. The number of fused-ring (bicyclic) bond motifs is 1. The molecule has 0 saturated carbocycles. The van der Waals surface area contributed by atoms with Crippen LogP contribution >= 0.6 is 11.3 Å². The molecule has 0 atom stereocenters. The minimum atomic E-state index is 0.537. The second-order valence-electron chi connectivity index (χ2n) is 3.88. The molecule has 4 nitrogen and oxygen atoms in total. The Balaban J connectivity index is 1.84. The van der Waals surface area contributed by atoms with Crippen LogP contribution in [0.1, 0.15) is 11.1 Å². The topological polar surface area (TPSA) is 64.5 Å². The molecule has 0 aliphatic carbocycles. The third-order valence-corrected chi connectivity index (χ3v) is 3.79. The molecule has 88 valence electrons. The minimum Gasteiger partial charge on any atom is -0.365 e. The Morgan fingerprint density at radius 1 is 1.39 bits per heavy atom. The van der Waals surface area contributed by atoms with Crippen molar-refractivity contribution in [3.05, 3.63) is 47.0 Å². The largest absolute Gasteiger partial charge is 0.365 e. The summed E-state index contributed by atoms with van der Waals surface area (Å²) in [7, 11) is 0. The summed E-state index contributed by atoms with van der Waals surface area (Å²) in [6, 6.07) is 10.4. The Morgan fingerprint density at radius 2 is 2.28 bits per heavy atom. The van der Waals surface area contributed by atoms with Crippen LogP contribution in [-0.2, 0) is 6.54 Å². The van der Waals surface area contributed by atoms with E-state index >= 15 is 0 Å². The maximum absolute atomic E-state index is 8.89. The van der Waals surface area contributed by atoms with E-state index < -0.39 is 0 Å². The number of aromatic amines is 1. The number of H-pyrrole nitrogens is 1. The Kier molecular flexibility index (Phi) is 2.71. The van der Waals surface area contributed by atoms with Crippen LogP contribution in [0.4, 0.5) is 5.82 Å². The molecule has 2 heterocycles. The van der Waals surface area contributed by atoms with E-state index in [2.05, 4.69) is 39.1 Å². The van der Waals surface area contributed by atoms with Crippen LogP contribution in [0.15, 0.2) is 35.8 Å². The first kappa shape index (κ1) is 10.8. The maximum atomic E-state index is 8.89. The average molecular weight is 254 g/mol. The lowest BCUT2D eigenvalue weighted by atomic mass is 10.2. The van der Waals surface area contributed by atoms with Gasteiger partial charge in [-0.2, -0.15) is 10.4 Å². The van der Waals surface area contributed by atoms with Crippen molar-refractivity contribution < 1.29 is 0 Å². The standard InChI is InChI=1S/C13H10N4S/c14-5-9-7-16-17-13(9)15-6-10-8-18-12-4-2-1-3-11(10)12/h1-4,7-8H,6H2,(H2,15,16,17). The van der Waals surface area contributed by atoms with Crippen molar-refractivity contribution in [3.63, 3.8) is 0 Å². The van der Waals surface area contributed by atoms with Crippen molar-refractivity contribution in [1.82, 2.24) is 10.2 Å². The van der Waals surface area contributed by atoms with Crippen molar-refractivity contribution in [1.29, 1.82) is 5.26 Å². The highest BCUT2D eigenvalue weighted by molar-refractivity contribution is 7.17. The van der Waals surface area contributed by atoms with Crippen LogP contribution in [0.25, 0.3) is 10.1 Å². The molecular weight excluding hydrogens is 244 g/mol. The summed E-state index contributed by atoms with van der Waals surface area (Å²) in [6.07, 6.45) is 1.52. The van der Waals surface area contributed by atoms with E-state index in [4.69, 9.17) is 5.26 Å². The number of hydrogen-bond donors (Lipinski definition) is 2. The molecule has 0 fully saturated rings. The predicted octanol–water partition coefficient (Wildman–Crippen LogP) is 3.11. The van der Waals surface area contributed by atoms with Crippen molar-refractivity contribution >= 4 is 27.2 Å². The van der Waals surface area contributed by atoms with E-state index in [9.17, 15) is 0 Å². The number of nitrogens with one attached hydrogen (secondary N) is 2. The van der Waals surface area contributed by atoms with E-state index in [0.717, 1.165) is 0 Å². The predicted molar refractivity (Wildman–Crippen MR) is 72.5 cm³/mol. The lowest BCUT2D eigenvalue weighted by molar-refractivity contribution is 1.06. The summed E-state index contributed by atoms with van der Waals surface area (Å²) >= 11 is 1.73. The fourth-order valence-electron chi connectivity index (χ4n) is 1.86. The molecule has 1 aromatic carbocycles. The molecule has 3 aromatic rings. The molecule has 0 saturated heterocycles. The number of benzene rings is 1.